The van der Waals surface area contributed by atoms with Gasteiger partial charge in [-0.2, -0.15) is 11.1 Å². The fourth-order valence-electron chi connectivity index (χ4n) is 9.55. The summed E-state index contributed by atoms with van der Waals surface area (Å²) in [7, 11) is -4.80. The summed E-state index contributed by atoms with van der Waals surface area (Å²) in [5, 5.41) is 5.21. The van der Waals surface area contributed by atoms with E-state index in [4.69, 9.17) is 0 Å². The van der Waals surface area contributed by atoms with Gasteiger partial charge in [0.25, 0.3) is 0 Å². The van der Waals surface area contributed by atoms with E-state index >= 15 is 0 Å². The molecule has 0 nitrogen and oxygen atoms in total. The normalized spacial score (nSPS) is 18.7. The SMILES string of the molecule is CC(C)c1cc(C(C)C)c([Si]2(c3c(C(C)C)cc(C(C)C)cc3C(C)C)[Si](C)(C)[Si@]2(Cl)c2c(C(C)C)cc(C(C)C)cc2C(C)C)c(C(C)C)c1. The average Bonchev–Trinajstić information content (AvgIpc) is 3.43. The van der Waals surface area contributed by atoms with Crippen LogP contribution in [-0.2, 0) is 0 Å². The number of hydrogen-bond acceptors (Lipinski definition) is 0. The van der Waals surface area contributed by atoms with Crippen LogP contribution < -0.4 is 15.6 Å². The zero-order valence-electron chi connectivity index (χ0n) is 36.5. The molecule has 0 N–H and O–H groups in total. The van der Waals surface area contributed by atoms with Gasteiger partial charge >= 0.3 is 0 Å². The molecule has 3 aromatic carbocycles. The number of halogens is 1. The highest BCUT2D eigenvalue weighted by molar-refractivity contribution is 8.27. The van der Waals surface area contributed by atoms with Crippen LogP contribution in [0, 0.1) is 0 Å². The maximum absolute atomic E-state index is 9.26. The first-order chi connectivity index (χ1) is 23.4. The molecule has 0 saturated carbocycles. The Morgan fingerprint density at radius 1 is 0.333 bits per heavy atom. The van der Waals surface area contributed by atoms with Gasteiger partial charge in [-0.3, -0.25) is 0 Å². The fourth-order valence-corrected chi connectivity index (χ4v) is 86.5. The van der Waals surface area contributed by atoms with Crippen LogP contribution in [0.3, 0.4) is 0 Å². The molecule has 282 valence electrons. The van der Waals surface area contributed by atoms with E-state index in [9.17, 15) is 11.1 Å². The van der Waals surface area contributed by atoms with Crippen molar-refractivity contribution in [2.45, 2.75) is 191 Å². The Morgan fingerprint density at radius 2 is 0.529 bits per heavy atom. The molecule has 1 aliphatic rings. The third-order valence-electron chi connectivity index (χ3n) is 12.7. The highest BCUT2D eigenvalue weighted by Crippen LogP contribution is 2.57. The Kier molecular flexibility index (Phi) is 12.5. The van der Waals surface area contributed by atoms with Crippen molar-refractivity contribution in [3.05, 3.63) is 86.5 Å². The summed E-state index contributed by atoms with van der Waals surface area (Å²) in [6.07, 6.45) is -2.69. The van der Waals surface area contributed by atoms with Gasteiger partial charge < -0.3 is 0 Å². The van der Waals surface area contributed by atoms with Crippen molar-refractivity contribution < 1.29 is 0 Å². The number of rotatable bonds is 12. The molecule has 4 heteroatoms. The van der Waals surface area contributed by atoms with Crippen LogP contribution in [0.1, 0.15) is 228 Å². The van der Waals surface area contributed by atoms with E-state index in [0.717, 1.165) is 0 Å². The van der Waals surface area contributed by atoms with Crippen LogP contribution in [-0.4, -0.2) is 20.6 Å². The molecule has 0 bridgehead atoms. The van der Waals surface area contributed by atoms with Gasteiger partial charge in [-0.15, -0.1) is 0 Å². The second-order valence-electron chi connectivity index (χ2n) is 19.6. The number of benzene rings is 3. The van der Waals surface area contributed by atoms with Gasteiger partial charge in [-0.05, 0) is 109 Å². The van der Waals surface area contributed by atoms with Gasteiger partial charge in [0.1, 0.15) is 7.11 Å². The van der Waals surface area contributed by atoms with Crippen molar-refractivity contribution in [1.29, 1.82) is 0 Å². The topological polar surface area (TPSA) is 0 Å². The lowest BCUT2D eigenvalue weighted by atomic mass is 9.89. The van der Waals surface area contributed by atoms with Gasteiger partial charge in [0.05, 0.1) is 7.11 Å². The van der Waals surface area contributed by atoms with Crippen molar-refractivity contribution in [1.82, 2.24) is 0 Å². The Balaban J connectivity index is 2.48. The summed E-state index contributed by atoms with van der Waals surface area (Å²) in [5.41, 5.74) is 14.0. The highest BCUT2D eigenvalue weighted by Gasteiger charge is 2.90. The Bertz CT molecular complexity index is 1570. The van der Waals surface area contributed by atoms with Crippen molar-refractivity contribution in [3.8, 4) is 0 Å². The molecule has 0 radical (unpaired) electrons. The van der Waals surface area contributed by atoms with Crippen molar-refractivity contribution >= 4 is 47.3 Å². The zero-order valence-corrected chi connectivity index (χ0v) is 40.3. The molecule has 1 aliphatic heterocycles. The average molecular weight is 760 g/mol. The highest BCUT2D eigenvalue weighted by atomic mass is 35.6. The van der Waals surface area contributed by atoms with E-state index in [0.29, 0.717) is 53.3 Å². The van der Waals surface area contributed by atoms with Crippen LogP contribution in [0.2, 0.25) is 13.1 Å². The Labute approximate surface area is 323 Å². The van der Waals surface area contributed by atoms with Crippen LogP contribution in [0.5, 0.6) is 0 Å². The van der Waals surface area contributed by atoms with Crippen LogP contribution in [0.15, 0.2) is 36.4 Å². The molecule has 0 aliphatic carbocycles. The van der Waals surface area contributed by atoms with Crippen molar-refractivity contribution in [2.24, 2.45) is 0 Å². The maximum atomic E-state index is 9.26. The van der Waals surface area contributed by atoms with E-state index in [-0.39, 0.29) is 0 Å². The summed E-state index contributed by atoms with van der Waals surface area (Å²) in [6.45, 7) is 49.3. The third kappa shape index (κ3) is 6.69. The smallest absolute Gasteiger partial charge is 0.168 e. The molecular weight excluding hydrogens is 684 g/mol. The van der Waals surface area contributed by atoms with Gasteiger partial charge in [-0.25, -0.2) is 0 Å². The number of hydrogen-bond donors (Lipinski definition) is 0. The molecule has 51 heavy (non-hydrogen) atoms. The standard InChI is InChI=1S/C47H75ClSi3/c1-27(2)36-21-39(30(7)8)45(40(22-36)31(9)10)50(46-41(32(11)12)23-37(28(3)4)24-42(46)33(13)14)49(19,20)51(50,48)47-43(34(15)16)25-38(29(5)6)26-44(47)35(17)18/h21-35H,1-20H3/t51-/m1/s1. The maximum Gasteiger partial charge on any atom is 0.173 e. The molecule has 0 amide bonds. The molecule has 0 unspecified atom stereocenters. The first-order valence-electron chi connectivity index (χ1n) is 20.6. The summed E-state index contributed by atoms with van der Waals surface area (Å²) < 4.78 is 0. The zero-order chi connectivity index (χ0) is 38.9. The van der Waals surface area contributed by atoms with E-state index in [1.165, 1.54) is 16.7 Å². The lowest BCUT2D eigenvalue weighted by Crippen LogP contribution is -2.64. The quantitative estimate of drug-likeness (QED) is 0.127. The summed E-state index contributed by atoms with van der Waals surface area (Å²) in [5.74, 6) is 4.02. The minimum atomic E-state index is -2.69. The van der Waals surface area contributed by atoms with Crippen LogP contribution in [0.25, 0.3) is 0 Å². The Hall–Kier alpha value is -1.40. The summed E-state index contributed by atoms with van der Waals surface area (Å²) in [4.78, 5) is 0. The van der Waals surface area contributed by atoms with Gasteiger partial charge in [0.2, 0.25) is 0 Å². The lowest BCUT2D eigenvalue weighted by molar-refractivity contribution is 0.809. The van der Waals surface area contributed by atoms with Crippen molar-refractivity contribution in [2.75, 3.05) is 0 Å². The second-order valence-corrected chi connectivity index (χ2v) is 51.8. The van der Waals surface area contributed by atoms with Gasteiger partial charge in [0, 0.05) is 0 Å². The van der Waals surface area contributed by atoms with E-state index in [1.807, 2.05) is 0 Å². The fraction of sp³-hybridized carbons (Fsp3) is 0.617. The van der Waals surface area contributed by atoms with Crippen LogP contribution >= 0.6 is 11.1 Å². The third-order valence-corrected chi connectivity index (χ3v) is 69.7. The minimum absolute atomic E-state index is 0.423. The van der Waals surface area contributed by atoms with E-state index < -0.39 is 20.6 Å². The largest absolute Gasteiger partial charge is 0.173 e. The Morgan fingerprint density at radius 3 is 0.706 bits per heavy atom. The molecule has 0 aromatic heterocycles. The molecule has 1 saturated heterocycles. The predicted octanol–water partition coefficient (Wildman–Crippen LogP) is 13.4. The monoisotopic (exact) mass is 758 g/mol. The van der Waals surface area contributed by atoms with Crippen molar-refractivity contribution in [3.63, 3.8) is 0 Å². The summed E-state index contributed by atoms with van der Waals surface area (Å²) >= 11 is 9.26. The lowest BCUT2D eigenvalue weighted by Gasteiger charge is -2.37. The molecule has 3 aromatic rings. The van der Waals surface area contributed by atoms with E-state index in [1.54, 1.807) is 48.9 Å². The van der Waals surface area contributed by atoms with Gasteiger partial charge in [0.15, 0.2) is 6.42 Å². The molecular formula is C47H75ClSi3. The summed E-state index contributed by atoms with van der Waals surface area (Å²) in [6, 6.07) is 15.8. The predicted molar refractivity (Wildman–Crippen MR) is 240 cm³/mol. The first-order valence-corrected chi connectivity index (χ1v) is 31.7. The molecule has 1 heterocycles. The van der Waals surface area contributed by atoms with Crippen LogP contribution in [0.4, 0.5) is 0 Å². The second kappa shape index (κ2) is 15.0. The minimum Gasteiger partial charge on any atom is -0.168 e. The molecule has 0 spiro atoms. The first kappa shape index (κ1) is 42.3. The van der Waals surface area contributed by atoms with Gasteiger partial charge in [-0.1, -0.05) is 184 Å². The molecule has 1 atom stereocenters. The molecule has 4 rings (SSSR count). The molecule has 1 fully saturated rings. The van der Waals surface area contributed by atoms with E-state index in [2.05, 4.69) is 174 Å².